The summed E-state index contributed by atoms with van der Waals surface area (Å²) in [5.74, 6) is -3.60. The van der Waals surface area contributed by atoms with Gasteiger partial charge in [-0.15, -0.1) is 0 Å². The first-order valence-electron chi connectivity index (χ1n) is 18.0. The molecular formula is C45H36N2O8. The second-order valence-electron chi connectivity index (χ2n) is 13.5. The minimum Gasteiger partial charge on any atom is -0.481 e. The number of carbonyl (C=O) groups excluding carboxylic acids is 4. The van der Waals surface area contributed by atoms with E-state index in [1.807, 2.05) is 55.5 Å². The zero-order chi connectivity index (χ0) is 38.8. The summed E-state index contributed by atoms with van der Waals surface area (Å²) in [5.41, 5.74) is 1.63. The van der Waals surface area contributed by atoms with Crippen LogP contribution in [-0.4, -0.2) is 44.9 Å². The van der Waals surface area contributed by atoms with Crippen molar-refractivity contribution < 1.29 is 38.7 Å². The lowest BCUT2D eigenvalue weighted by Crippen LogP contribution is -2.33. The highest BCUT2D eigenvalue weighted by Crippen LogP contribution is 2.34. The molecule has 1 aliphatic carbocycles. The monoisotopic (exact) mass is 732 g/mol. The van der Waals surface area contributed by atoms with Crippen molar-refractivity contribution in [3.05, 3.63) is 120 Å². The van der Waals surface area contributed by atoms with Crippen molar-refractivity contribution >= 4 is 78.5 Å². The maximum atomic E-state index is 14.1. The molecule has 1 saturated carbocycles. The maximum Gasteiger partial charge on any atom is 0.353 e. The van der Waals surface area contributed by atoms with E-state index in [1.165, 1.54) is 6.92 Å². The highest BCUT2D eigenvalue weighted by molar-refractivity contribution is 6.55. The van der Waals surface area contributed by atoms with Crippen LogP contribution in [0.15, 0.2) is 108 Å². The molecule has 7 rings (SSSR count). The van der Waals surface area contributed by atoms with E-state index in [9.17, 15) is 29.1 Å². The number of rotatable bonds is 10. The molecule has 10 heteroatoms. The van der Waals surface area contributed by atoms with Crippen molar-refractivity contribution in [2.75, 3.05) is 0 Å². The van der Waals surface area contributed by atoms with Gasteiger partial charge in [0.25, 0.3) is 0 Å². The molecule has 0 saturated heterocycles. The molecule has 0 amide bonds. The van der Waals surface area contributed by atoms with Gasteiger partial charge in [0.05, 0.1) is 17.4 Å². The predicted octanol–water partition coefficient (Wildman–Crippen LogP) is 8.40. The van der Waals surface area contributed by atoms with E-state index in [0.717, 1.165) is 38.0 Å². The van der Waals surface area contributed by atoms with Gasteiger partial charge in [-0.25, -0.2) is 9.59 Å². The van der Waals surface area contributed by atoms with Crippen LogP contribution >= 0.6 is 0 Å². The number of aryl methyl sites for hydroxylation is 1. The zero-order valence-corrected chi connectivity index (χ0v) is 30.3. The number of esters is 1. The summed E-state index contributed by atoms with van der Waals surface area (Å²) >= 11 is 0. The van der Waals surface area contributed by atoms with Gasteiger partial charge >= 0.3 is 17.9 Å². The molecule has 1 aliphatic rings. The van der Waals surface area contributed by atoms with Crippen molar-refractivity contribution in [2.24, 2.45) is 17.0 Å². The van der Waals surface area contributed by atoms with Crippen LogP contribution in [0, 0.1) is 23.9 Å². The Morgan fingerprint density at radius 1 is 0.782 bits per heavy atom. The standard InChI is InChI=1S/C45H36N2O8/c1-4-20-54-44(52)26(3)40(46-55-45(53)35-13-9-8-12-34(35)43(50)51)42(49)32-17-19-39-37(25-32)36-24-31(16-18-38(36)47(39)5-2)41(48)30-15-14-29-21-27-10-6-7-11-28(27)22-33(29)23-30/h6-7,10-11,14-19,21-25,34-35H,3,5,8-9,12-13H2,1-2H3,(H,50,51)/b46-40+. The summed E-state index contributed by atoms with van der Waals surface area (Å²) in [5, 5.41) is 19.0. The number of benzene rings is 5. The largest absolute Gasteiger partial charge is 0.481 e. The van der Waals surface area contributed by atoms with Crippen LogP contribution in [-0.2, 0) is 30.5 Å². The van der Waals surface area contributed by atoms with E-state index in [2.05, 4.69) is 46.5 Å². The first kappa shape index (κ1) is 36.5. The van der Waals surface area contributed by atoms with Crippen molar-refractivity contribution in [3.63, 3.8) is 0 Å². The number of Topliss-reactive ketones (excluding diaryl/α,β-unsaturated/α-hetero) is 1. The quantitative estimate of drug-likeness (QED) is 0.0216. The molecule has 1 aromatic heterocycles. The fraction of sp³-hybridized carbons (Fsp3) is 0.200. The third kappa shape index (κ3) is 7.00. The van der Waals surface area contributed by atoms with Gasteiger partial charge in [0, 0.05) is 52.0 Å². The Bertz CT molecular complexity index is 2710. The fourth-order valence-electron chi connectivity index (χ4n) is 7.47. The molecule has 0 bridgehead atoms. The number of aromatic nitrogens is 1. The van der Waals surface area contributed by atoms with E-state index in [4.69, 9.17) is 9.57 Å². The average Bonchev–Trinajstić information content (AvgIpc) is 3.53. The second kappa shape index (κ2) is 15.2. The third-order valence-corrected chi connectivity index (χ3v) is 10.3. The summed E-state index contributed by atoms with van der Waals surface area (Å²) in [6, 6.07) is 28.4. The predicted molar refractivity (Wildman–Crippen MR) is 210 cm³/mol. The second-order valence-corrected chi connectivity index (χ2v) is 13.5. The molecule has 0 aliphatic heterocycles. The number of oxime groups is 1. The number of fused-ring (bicyclic) bond motifs is 5. The van der Waals surface area contributed by atoms with Gasteiger partial charge in [-0.1, -0.05) is 66.9 Å². The number of hydrogen-bond donors (Lipinski definition) is 1. The Kier molecular flexibility index (Phi) is 10.1. The molecule has 6 aromatic rings. The molecule has 2 atom stereocenters. The van der Waals surface area contributed by atoms with E-state index >= 15 is 0 Å². The Morgan fingerprint density at radius 3 is 2.02 bits per heavy atom. The minimum absolute atomic E-state index is 0.0903. The number of ether oxygens (including phenoxy) is 1. The van der Waals surface area contributed by atoms with Crippen LogP contribution in [0.5, 0.6) is 0 Å². The molecule has 10 nitrogen and oxygen atoms in total. The van der Waals surface area contributed by atoms with Crippen molar-refractivity contribution in [3.8, 4) is 12.0 Å². The molecule has 274 valence electrons. The Hall–Kier alpha value is -6.86. The lowest BCUT2D eigenvalue weighted by atomic mass is 9.79. The van der Waals surface area contributed by atoms with E-state index in [-0.39, 0.29) is 17.8 Å². The summed E-state index contributed by atoms with van der Waals surface area (Å²) in [6.07, 6.45) is 4.03. The van der Waals surface area contributed by atoms with Crippen LogP contribution in [0.3, 0.4) is 0 Å². The summed E-state index contributed by atoms with van der Waals surface area (Å²) in [6.45, 7) is 7.73. The van der Waals surface area contributed by atoms with Gasteiger partial charge in [0.15, 0.2) is 11.5 Å². The summed E-state index contributed by atoms with van der Waals surface area (Å²) in [4.78, 5) is 71.1. The highest BCUT2D eigenvalue weighted by atomic mass is 16.7. The van der Waals surface area contributed by atoms with Gasteiger partial charge in [0.2, 0.25) is 5.78 Å². The van der Waals surface area contributed by atoms with Crippen molar-refractivity contribution in [1.29, 1.82) is 0 Å². The molecule has 55 heavy (non-hydrogen) atoms. The van der Waals surface area contributed by atoms with Crippen molar-refractivity contribution in [1.82, 2.24) is 4.57 Å². The molecule has 1 heterocycles. The number of ketones is 2. The van der Waals surface area contributed by atoms with Crippen LogP contribution < -0.4 is 0 Å². The van der Waals surface area contributed by atoms with Gasteiger partial charge in [0.1, 0.15) is 6.11 Å². The number of aliphatic carboxylic acids is 1. The fourth-order valence-corrected chi connectivity index (χ4v) is 7.47. The molecule has 2 unspecified atom stereocenters. The molecule has 1 N–H and O–H groups in total. The van der Waals surface area contributed by atoms with Gasteiger partial charge < -0.3 is 19.2 Å². The lowest BCUT2D eigenvalue weighted by molar-refractivity contribution is -0.159. The molecule has 0 spiro atoms. The van der Waals surface area contributed by atoms with Gasteiger partial charge in [-0.05, 0) is 95.9 Å². The van der Waals surface area contributed by atoms with Crippen LogP contribution in [0.4, 0.5) is 0 Å². The summed E-state index contributed by atoms with van der Waals surface area (Å²) < 4.78 is 6.93. The number of carboxylic acid groups (broad SMARTS) is 1. The van der Waals surface area contributed by atoms with Crippen LogP contribution in [0.25, 0.3) is 43.4 Å². The topological polar surface area (TPSA) is 141 Å². The Labute approximate surface area is 316 Å². The first-order chi connectivity index (χ1) is 26.6. The maximum absolute atomic E-state index is 14.1. The number of carboxylic acids is 1. The molecule has 1 fully saturated rings. The Balaban J connectivity index is 1.26. The van der Waals surface area contributed by atoms with Crippen LogP contribution in [0.1, 0.15) is 65.8 Å². The highest BCUT2D eigenvalue weighted by Gasteiger charge is 2.37. The van der Waals surface area contributed by atoms with E-state index in [1.54, 1.807) is 24.3 Å². The zero-order valence-electron chi connectivity index (χ0n) is 30.3. The number of carbonyl (C=O) groups is 5. The minimum atomic E-state index is -1.12. The normalized spacial score (nSPS) is 15.7. The van der Waals surface area contributed by atoms with E-state index in [0.29, 0.717) is 42.3 Å². The molecular weight excluding hydrogens is 697 g/mol. The van der Waals surface area contributed by atoms with Gasteiger partial charge in [-0.2, -0.15) is 0 Å². The smallest absolute Gasteiger partial charge is 0.353 e. The summed E-state index contributed by atoms with van der Waals surface area (Å²) in [7, 11) is 0. The first-order valence-corrected chi connectivity index (χ1v) is 18.0. The van der Waals surface area contributed by atoms with E-state index < -0.39 is 46.8 Å². The van der Waals surface area contributed by atoms with Gasteiger partial charge in [-0.3, -0.25) is 14.4 Å². The Morgan fingerprint density at radius 2 is 1.36 bits per heavy atom. The number of nitrogens with zero attached hydrogens (tertiary/aromatic N) is 2. The molecule has 5 aromatic carbocycles. The lowest BCUT2D eigenvalue weighted by Gasteiger charge is -2.25. The average molecular weight is 733 g/mol. The van der Waals surface area contributed by atoms with Crippen LogP contribution in [0.2, 0.25) is 0 Å². The van der Waals surface area contributed by atoms with Crippen molar-refractivity contribution in [2.45, 2.75) is 46.1 Å². The SMILES string of the molecule is C=C(C(=O)OC#CC)/C(=N\OC(=O)C1CCCCC1C(=O)O)C(=O)c1ccc2c(c1)c1cc(C(=O)c3ccc4cc5ccccc5cc4c3)ccc1n2CC. The molecule has 0 radical (unpaired) electrons. The third-order valence-electron chi connectivity index (χ3n) is 10.3. The number of hydrogen-bond acceptors (Lipinski definition) is 8.